The summed E-state index contributed by atoms with van der Waals surface area (Å²) in [5.41, 5.74) is 0. The van der Waals surface area contributed by atoms with Crippen molar-refractivity contribution >= 4 is 62.4 Å². The van der Waals surface area contributed by atoms with E-state index in [1.54, 1.807) is 0 Å². The van der Waals surface area contributed by atoms with Crippen molar-refractivity contribution in [3.05, 3.63) is 0 Å². The summed E-state index contributed by atoms with van der Waals surface area (Å²) >= 11 is 0. The quantitative estimate of drug-likeness (QED) is 0.337. The second kappa shape index (κ2) is 42.9. The molecule has 0 atom stereocenters. The van der Waals surface area contributed by atoms with Crippen LogP contribution in [0.25, 0.3) is 0 Å². The van der Waals surface area contributed by atoms with Gasteiger partial charge in [0.05, 0.1) is 0 Å². The topological polar surface area (TPSA) is 244 Å². The molecule has 0 bridgehead atoms. The molecule has 0 unspecified atom stereocenters. The van der Waals surface area contributed by atoms with Crippen LogP contribution in [0, 0.1) is 0 Å². The average Bonchev–Trinajstić information content (AvgIpc) is 1.76. The molecule has 0 heterocycles. The van der Waals surface area contributed by atoms with Crippen molar-refractivity contribution in [2.75, 3.05) is 0 Å². The van der Waals surface area contributed by atoms with Gasteiger partial charge in [-0.1, -0.05) is 0 Å². The molecule has 0 aromatic heterocycles. The van der Waals surface area contributed by atoms with E-state index in [1.165, 1.54) is 0 Å². The standard InChI is InChI=1S/4CH2O3.Ca.K.2Na/c4*2-1(3)4;;;;/h4*(H2,2,3,4);;;;/q;;;;+2;3*+1/p-5. The summed E-state index contributed by atoms with van der Waals surface area (Å²) in [7, 11) is 0. The first-order valence-electron chi connectivity index (χ1n) is 2.51. The Balaban J connectivity index is -0.0000000150. The van der Waals surface area contributed by atoms with E-state index in [0.717, 1.165) is 0 Å². The van der Waals surface area contributed by atoms with Crippen LogP contribution in [0.3, 0.4) is 0 Å². The van der Waals surface area contributed by atoms with Crippen molar-refractivity contribution in [2.24, 2.45) is 0 Å². The second-order valence-electron chi connectivity index (χ2n) is 1.05. The van der Waals surface area contributed by atoms with E-state index >= 15 is 0 Å². The van der Waals surface area contributed by atoms with Gasteiger partial charge in [0.1, 0.15) is 0 Å². The van der Waals surface area contributed by atoms with Crippen molar-refractivity contribution in [2.45, 2.75) is 0 Å². The smallest absolute Gasteiger partial charge is 0.652 e. The van der Waals surface area contributed by atoms with Crippen LogP contribution in [-0.2, 0) is 0 Å². The van der Waals surface area contributed by atoms with Gasteiger partial charge in [-0.05, 0) is 12.3 Å². The van der Waals surface area contributed by atoms with Gasteiger partial charge in [-0.2, -0.15) is 0 Å². The third-order valence-corrected chi connectivity index (χ3v) is 0. The van der Waals surface area contributed by atoms with Gasteiger partial charge in [-0.3, -0.25) is 0 Å². The fraction of sp³-hybridized carbons (Fsp3) is 0. The fourth-order valence-corrected chi connectivity index (χ4v) is 0. The van der Waals surface area contributed by atoms with E-state index in [1.807, 2.05) is 0 Å². The van der Waals surface area contributed by atoms with Gasteiger partial charge in [-0.15, -0.1) is 0 Å². The first-order valence-corrected chi connectivity index (χ1v) is 2.51. The molecule has 12 nitrogen and oxygen atoms in total. The molecule has 0 aliphatic heterocycles. The predicted octanol–water partition coefficient (Wildman–Crippen LogP) is -15.2. The molecule has 0 aliphatic rings. The van der Waals surface area contributed by atoms with Crippen LogP contribution < -0.4 is 136 Å². The number of carbonyl (C=O) groups is 4. The van der Waals surface area contributed by atoms with Crippen LogP contribution in [0.4, 0.5) is 19.2 Å². The molecule has 96 valence electrons. The van der Waals surface area contributed by atoms with Crippen LogP contribution in [0.1, 0.15) is 0 Å². The van der Waals surface area contributed by atoms with Crippen LogP contribution in [-0.4, -0.2) is 77.7 Å². The Bertz CT molecular complexity index is 173. The van der Waals surface area contributed by atoms with E-state index in [9.17, 15) is 0 Å². The van der Waals surface area contributed by atoms with Gasteiger partial charge < -0.3 is 55.2 Å². The maximum atomic E-state index is 8.56. The first kappa shape index (κ1) is 49.5. The van der Waals surface area contributed by atoms with E-state index in [4.69, 9.17) is 60.0 Å². The summed E-state index contributed by atoms with van der Waals surface area (Å²) in [5.74, 6) is 0. The van der Waals surface area contributed by atoms with Crippen molar-refractivity contribution in [3.63, 3.8) is 0 Å². The Morgan fingerprint density at radius 2 is 0.650 bits per heavy atom. The maximum absolute atomic E-state index is 8.56. The van der Waals surface area contributed by atoms with E-state index < -0.39 is 24.6 Å². The summed E-state index contributed by atoms with van der Waals surface area (Å²) in [6, 6.07) is 0. The molecule has 0 spiro atoms. The fourth-order valence-electron chi connectivity index (χ4n) is 0. The molecule has 0 aromatic rings. The molecular weight excluding hydrogens is 365 g/mol. The third kappa shape index (κ3) is 1840. The van der Waals surface area contributed by atoms with E-state index in [0.29, 0.717) is 0 Å². The molecule has 0 saturated heterocycles. The minimum absolute atomic E-state index is 0. The Kier molecular flexibility index (Phi) is 106. The molecular formula is C4H3CaKNa2O12. The normalized spacial score (nSPS) is 4.80. The van der Waals surface area contributed by atoms with Crippen LogP contribution >= 0.6 is 0 Å². The SMILES string of the molecule is O=C(O)O.O=C([O-])O.O=C([O-])[O-].O=C([O-])[O-].[Ca+2].[K+].[Na+].[Na+]. The molecule has 20 heavy (non-hydrogen) atoms. The summed E-state index contributed by atoms with van der Waals surface area (Å²) < 4.78 is 0. The predicted molar refractivity (Wildman–Crippen MR) is 35.2 cm³/mol. The molecule has 0 aromatic carbocycles. The van der Waals surface area contributed by atoms with E-state index in [-0.39, 0.29) is 148 Å². The zero-order valence-corrected chi connectivity index (χ0v) is 20.1. The largest absolute Gasteiger partial charge is 2.00 e. The number of hydrogen-bond acceptors (Lipinski definition) is 9. The molecule has 0 saturated carbocycles. The second-order valence-corrected chi connectivity index (χ2v) is 1.05. The number of hydrogen-bond donors (Lipinski definition) is 3. The van der Waals surface area contributed by atoms with Gasteiger partial charge in [0.25, 0.3) is 0 Å². The third-order valence-electron chi connectivity index (χ3n) is 0. The van der Waals surface area contributed by atoms with Crippen LogP contribution in [0.5, 0.6) is 0 Å². The molecule has 0 rings (SSSR count). The molecule has 3 N–H and O–H groups in total. The Labute approximate surface area is 228 Å². The van der Waals surface area contributed by atoms with Crippen LogP contribution in [0.15, 0.2) is 0 Å². The van der Waals surface area contributed by atoms with Crippen LogP contribution in [0.2, 0.25) is 0 Å². The molecule has 0 amide bonds. The molecule has 16 heteroatoms. The number of rotatable bonds is 0. The molecule has 0 radical (unpaired) electrons. The number of carbonyl (C=O) groups excluding carboxylic acids is 2. The minimum atomic E-state index is -2.33. The minimum Gasteiger partial charge on any atom is -0.652 e. The Hall–Kier alpha value is 1.98. The average molecular weight is 368 g/mol. The Morgan fingerprint density at radius 3 is 0.650 bits per heavy atom. The van der Waals surface area contributed by atoms with Crippen molar-refractivity contribution in [1.82, 2.24) is 0 Å². The monoisotopic (exact) mass is 368 g/mol. The zero-order valence-electron chi connectivity index (χ0n) is 10.7. The molecule has 0 aliphatic carbocycles. The maximum Gasteiger partial charge on any atom is 2.00 e. The zero-order chi connectivity index (χ0) is 14.3. The van der Waals surface area contributed by atoms with Gasteiger partial charge in [0, 0.05) is 0 Å². The van der Waals surface area contributed by atoms with Gasteiger partial charge in [0.2, 0.25) is 6.16 Å². The van der Waals surface area contributed by atoms with Gasteiger partial charge in [-0.25, -0.2) is 4.79 Å². The summed E-state index contributed by atoms with van der Waals surface area (Å²) in [5, 5.41) is 62.6. The van der Waals surface area contributed by atoms with Gasteiger partial charge >= 0.3 is 154 Å². The van der Waals surface area contributed by atoms with Crippen molar-refractivity contribution < 1.29 is 171 Å². The van der Waals surface area contributed by atoms with Gasteiger partial charge in [0.15, 0.2) is 0 Å². The van der Waals surface area contributed by atoms with Crippen molar-refractivity contribution in [3.8, 4) is 0 Å². The molecule has 0 fully saturated rings. The number of carboxylic acid groups (broad SMARTS) is 8. The summed E-state index contributed by atoms with van der Waals surface area (Å²) in [6.45, 7) is 0. The summed E-state index contributed by atoms with van der Waals surface area (Å²) in [4.78, 5) is 33.7. The van der Waals surface area contributed by atoms with Crippen molar-refractivity contribution in [1.29, 1.82) is 0 Å². The Morgan fingerprint density at radius 1 is 0.650 bits per heavy atom. The summed E-state index contributed by atoms with van der Waals surface area (Å²) in [6.07, 6.45) is -8.58. The first-order chi connectivity index (χ1) is 6.93. The van der Waals surface area contributed by atoms with E-state index in [2.05, 4.69) is 0 Å².